The zero-order valence-corrected chi connectivity index (χ0v) is 12.7. The Morgan fingerprint density at radius 3 is 2.27 bits per heavy atom. The summed E-state index contributed by atoms with van der Waals surface area (Å²) in [6, 6.07) is 14.2. The number of fused-ring (bicyclic) bond motifs is 1. The second-order valence-corrected chi connectivity index (χ2v) is 6.01. The quantitative estimate of drug-likeness (QED) is 0.645. The highest BCUT2D eigenvalue weighted by Crippen LogP contribution is 2.26. The summed E-state index contributed by atoms with van der Waals surface area (Å²) in [5, 5.41) is 2.32. The van der Waals surface area contributed by atoms with E-state index in [9.17, 15) is 9.59 Å². The minimum Gasteiger partial charge on any atom is -0.422 e. The molecule has 0 aromatic heterocycles. The summed E-state index contributed by atoms with van der Waals surface area (Å²) in [4.78, 5) is 23.9. The SMILES string of the molecule is CC1(C)OC(=O)C(CCc2ccc3ccccc3c2)C(=O)O1. The minimum absolute atomic E-state index is 0.395. The Labute approximate surface area is 129 Å². The second kappa shape index (κ2) is 5.44. The van der Waals surface area contributed by atoms with Crippen molar-refractivity contribution in [1.29, 1.82) is 0 Å². The number of rotatable bonds is 3. The molecule has 0 N–H and O–H groups in total. The molecule has 0 aliphatic carbocycles. The molecule has 1 saturated heterocycles. The molecule has 0 saturated carbocycles. The Balaban J connectivity index is 1.71. The van der Waals surface area contributed by atoms with E-state index in [1.807, 2.05) is 30.3 Å². The first-order valence-electron chi connectivity index (χ1n) is 7.38. The first-order chi connectivity index (χ1) is 10.4. The Hall–Kier alpha value is -2.36. The Morgan fingerprint density at radius 1 is 0.955 bits per heavy atom. The summed E-state index contributed by atoms with van der Waals surface area (Å²) in [5.74, 6) is -2.99. The normalized spacial score (nSPS) is 18.1. The van der Waals surface area contributed by atoms with Crippen LogP contribution >= 0.6 is 0 Å². The van der Waals surface area contributed by atoms with E-state index in [2.05, 4.69) is 12.1 Å². The van der Waals surface area contributed by atoms with Gasteiger partial charge in [-0.1, -0.05) is 42.5 Å². The Bertz CT molecular complexity index is 713. The zero-order chi connectivity index (χ0) is 15.7. The number of aryl methyl sites for hydroxylation is 1. The molecule has 1 fully saturated rings. The van der Waals surface area contributed by atoms with Crippen molar-refractivity contribution >= 4 is 22.7 Å². The van der Waals surface area contributed by atoms with Crippen LogP contribution in [0.2, 0.25) is 0 Å². The number of carbonyl (C=O) groups excluding carboxylic acids is 2. The monoisotopic (exact) mass is 298 g/mol. The number of carbonyl (C=O) groups is 2. The first kappa shape index (κ1) is 14.6. The van der Waals surface area contributed by atoms with E-state index in [1.54, 1.807) is 13.8 Å². The summed E-state index contributed by atoms with van der Waals surface area (Å²) in [6.45, 7) is 3.12. The summed E-state index contributed by atoms with van der Waals surface area (Å²) < 4.78 is 10.3. The van der Waals surface area contributed by atoms with Crippen LogP contribution in [0.4, 0.5) is 0 Å². The molecule has 2 aromatic carbocycles. The van der Waals surface area contributed by atoms with Gasteiger partial charge < -0.3 is 9.47 Å². The van der Waals surface area contributed by atoms with Gasteiger partial charge in [0.25, 0.3) is 5.79 Å². The fraction of sp³-hybridized carbons (Fsp3) is 0.333. The van der Waals surface area contributed by atoms with Crippen molar-refractivity contribution in [2.45, 2.75) is 32.5 Å². The fourth-order valence-corrected chi connectivity index (χ4v) is 2.68. The van der Waals surface area contributed by atoms with Crippen LogP contribution in [-0.2, 0) is 25.5 Å². The highest BCUT2D eigenvalue weighted by molar-refractivity contribution is 5.96. The molecule has 0 unspecified atom stereocenters. The predicted octanol–water partition coefficient (Wildman–Crippen LogP) is 3.22. The van der Waals surface area contributed by atoms with Crippen molar-refractivity contribution in [3.8, 4) is 0 Å². The van der Waals surface area contributed by atoms with Crippen LogP contribution in [0.15, 0.2) is 42.5 Å². The third-order valence-electron chi connectivity index (χ3n) is 3.80. The lowest BCUT2D eigenvalue weighted by Crippen LogP contribution is -2.46. The molecule has 1 heterocycles. The third-order valence-corrected chi connectivity index (χ3v) is 3.80. The molecule has 2 aromatic rings. The van der Waals surface area contributed by atoms with E-state index in [0.29, 0.717) is 12.8 Å². The molecular formula is C18H18O4. The summed E-state index contributed by atoms with van der Waals surface area (Å²) >= 11 is 0. The van der Waals surface area contributed by atoms with Crippen molar-refractivity contribution in [2.24, 2.45) is 5.92 Å². The van der Waals surface area contributed by atoms with Crippen molar-refractivity contribution in [2.75, 3.05) is 0 Å². The van der Waals surface area contributed by atoms with E-state index < -0.39 is 23.6 Å². The first-order valence-corrected chi connectivity index (χ1v) is 7.38. The molecule has 0 spiro atoms. The highest BCUT2D eigenvalue weighted by atomic mass is 16.7. The number of benzene rings is 2. The standard InChI is InChI=1S/C18H18O4/c1-18(2)21-16(19)15(17(20)22-18)10-8-12-7-9-13-5-3-4-6-14(13)11-12/h3-7,9,11,15H,8,10H2,1-2H3. The molecule has 114 valence electrons. The van der Waals surface area contributed by atoms with Gasteiger partial charge in [0.1, 0.15) is 0 Å². The van der Waals surface area contributed by atoms with Gasteiger partial charge in [0.15, 0.2) is 5.92 Å². The average Bonchev–Trinajstić information content (AvgIpc) is 2.45. The van der Waals surface area contributed by atoms with Crippen LogP contribution in [0.3, 0.4) is 0 Å². The lowest BCUT2D eigenvalue weighted by molar-refractivity contribution is -0.240. The predicted molar refractivity (Wildman–Crippen MR) is 82.0 cm³/mol. The molecule has 0 atom stereocenters. The van der Waals surface area contributed by atoms with Crippen molar-refractivity contribution in [3.63, 3.8) is 0 Å². The molecule has 0 radical (unpaired) electrons. The molecule has 3 rings (SSSR count). The Morgan fingerprint density at radius 2 is 1.59 bits per heavy atom. The van der Waals surface area contributed by atoms with Gasteiger partial charge in [-0.15, -0.1) is 0 Å². The van der Waals surface area contributed by atoms with Gasteiger partial charge in [0.05, 0.1) is 0 Å². The minimum atomic E-state index is -1.16. The van der Waals surface area contributed by atoms with E-state index >= 15 is 0 Å². The largest absolute Gasteiger partial charge is 0.422 e. The molecule has 1 aliphatic rings. The number of hydrogen-bond acceptors (Lipinski definition) is 4. The lowest BCUT2D eigenvalue weighted by Gasteiger charge is -2.32. The third kappa shape index (κ3) is 2.96. The molecule has 0 amide bonds. The smallest absolute Gasteiger partial charge is 0.323 e. The summed E-state index contributed by atoms with van der Waals surface area (Å²) in [6.07, 6.45) is 1.02. The van der Waals surface area contributed by atoms with Gasteiger partial charge in [-0.3, -0.25) is 9.59 Å². The average molecular weight is 298 g/mol. The van der Waals surface area contributed by atoms with Gasteiger partial charge in [0, 0.05) is 13.8 Å². The number of ether oxygens (including phenoxy) is 2. The van der Waals surface area contributed by atoms with Gasteiger partial charge in [-0.25, -0.2) is 0 Å². The van der Waals surface area contributed by atoms with Crippen LogP contribution in [0.1, 0.15) is 25.8 Å². The molecule has 4 nitrogen and oxygen atoms in total. The maximum absolute atomic E-state index is 11.9. The second-order valence-electron chi connectivity index (χ2n) is 6.01. The van der Waals surface area contributed by atoms with E-state index in [0.717, 1.165) is 10.9 Å². The number of cyclic esters (lactones) is 2. The maximum atomic E-state index is 11.9. The fourth-order valence-electron chi connectivity index (χ4n) is 2.68. The molecular weight excluding hydrogens is 280 g/mol. The van der Waals surface area contributed by atoms with Crippen molar-refractivity contribution in [1.82, 2.24) is 0 Å². The van der Waals surface area contributed by atoms with Crippen molar-refractivity contribution < 1.29 is 19.1 Å². The summed E-state index contributed by atoms with van der Waals surface area (Å²) in [7, 11) is 0. The van der Waals surface area contributed by atoms with E-state index in [1.165, 1.54) is 5.39 Å². The van der Waals surface area contributed by atoms with E-state index in [4.69, 9.17) is 9.47 Å². The van der Waals surface area contributed by atoms with Crippen molar-refractivity contribution in [3.05, 3.63) is 48.0 Å². The zero-order valence-electron chi connectivity index (χ0n) is 12.7. The summed E-state index contributed by atoms with van der Waals surface area (Å²) in [5.41, 5.74) is 1.09. The van der Waals surface area contributed by atoms with Crippen LogP contribution in [0, 0.1) is 5.92 Å². The topological polar surface area (TPSA) is 52.6 Å². The van der Waals surface area contributed by atoms with Crippen LogP contribution in [0.25, 0.3) is 10.8 Å². The van der Waals surface area contributed by atoms with Gasteiger partial charge in [0.2, 0.25) is 0 Å². The molecule has 22 heavy (non-hydrogen) atoms. The van der Waals surface area contributed by atoms with Gasteiger partial charge >= 0.3 is 11.9 Å². The van der Waals surface area contributed by atoms with Crippen LogP contribution in [-0.4, -0.2) is 17.7 Å². The molecule has 4 heteroatoms. The van der Waals surface area contributed by atoms with Gasteiger partial charge in [-0.05, 0) is 29.2 Å². The van der Waals surface area contributed by atoms with E-state index in [-0.39, 0.29) is 0 Å². The lowest BCUT2D eigenvalue weighted by atomic mass is 9.97. The van der Waals surface area contributed by atoms with Crippen LogP contribution in [0.5, 0.6) is 0 Å². The van der Waals surface area contributed by atoms with Crippen LogP contribution < -0.4 is 0 Å². The highest BCUT2D eigenvalue weighted by Gasteiger charge is 2.42. The molecule has 1 aliphatic heterocycles. The number of hydrogen-bond donors (Lipinski definition) is 0. The number of esters is 2. The molecule has 0 bridgehead atoms. The maximum Gasteiger partial charge on any atom is 0.323 e. The Kier molecular flexibility index (Phi) is 3.61. The van der Waals surface area contributed by atoms with Gasteiger partial charge in [-0.2, -0.15) is 0 Å².